The molecule has 0 heterocycles. The van der Waals surface area contributed by atoms with Crippen LogP contribution in [-0.4, -0.2) is 16.8 Å². The molecular formula is C8H7ClFO2. The molecule has 0 saturated heterocycles. The van der Waals surface area contributed by atoms with Crippen LogP contribution >= 0.6 is 11.6 Å². The average Bonchev–Trinajstić information content (AvgIpc) is 2.08. The van der Waals surface area contributed by atoms with Gasteiger partial charge < -0.3 is 10.2 Å². The second-order valence-electron chi connectivity index (χ2n) is 2.23. The number of hydrogen-bond acceptors (Lipinski definition) is 2. The molecule has 0 amide bonds. The molecule has 12 heavy (non-hydrogen) atoms. The van der Waals surface area contributed by atoms with Gasteiger partial charge in [0.2, 0.25) is 0 Å². The second kappa shape index (κ2) is 3.85. The van der Waals surface area contributed by atoms with Gasteiger partial charge in [-0.25, -0.2) is 4.39 Å². The predicted octanol–water partition coefficient (Wildman–Crippen LogP) is 1.72. The summed E-state index contributed by atoms with van der Waals surface area (Å²) in [5.74, 6) is -0.617. The van der Waals surface area contributed by atoms with Crippen molar-refractivity contribution >= 4 is 11.6 Å². The van der Waals surface area contributed by atoms with Crippen LogP contribution in [0.15, 0.2) is 18.2 Å². The van der Waals surface area contributed by atoms with Crippen molar-refractivity contribution in [2.75, 3.05) is 6.61 Å². The molecule has 0 aliphatic heterocycles. The molecule has 0 aliphatic carbocycles. The summed E-state index contributed by atoms with van der Waals surface area (Å²) in [6.07, 6.45) is -0.273. The zero-order chi connectivity index (χ0) is 9.14. The number of rotatable bonds is 2. The van der Waals surface area contributed by atoms with Gasteiger partial charge in [0, 0.05) is 0 Å². The second-order valence-corrected chi connectivity index (χ2v) is 2.64. The van der Waals surface area contributed by atoms with Gasteiger partial charge in [0.1, 0.15) is 11.9 Å². The Morgan fingerprint density at radius 2 is 2.17 bits per heavy atom. The Bertz CT molecular complexity index is 278. The number of aliphatic hydroxyl groups excluding tert-OH is 2. The molecule has 1 radical (unpaired) electrons. The summed E-state index contributed by atoms with van der Waals surface area (Å²) < 4.78 is 12.7. The SMILES string of the molecule is OC[C](O)c1ccc(Cl)c(F)c1. The first-order chi connectivity index (χ1) is 5.65. The number of aliphatic hydroxyl groups is 2. The summed E-state index contributed by atoms with van der Waals surface area (Å²) in [5.41, 5.74) is 0.236. The van der Waals surface area contributed by atoms with E-state index in [-0.39, 0.29) is 16.7 Å². The van der Waals surface area contributed by atoms with Crippen molar-refractivity contribution in [2.45, 2.75) is 0 Å². The van der Waals surface area contributed by atoms with Crippen LogP contribution in [0.1, 0.15) is 5.56 Å². The fourth-order valence-electron chi connectivity index (χ4n) is 0.767. The van der Waals surface area contributed by atoms with E-state index in [0.29, 0.717) is 0 Å². The van der Waals surface area contributed by atoms with Gasteiger partial charge in [-0.05, 0) is 17.7 Å². The molecular weight excluding hydrogens is 183 g/mol. The fraction of sp³-hybridized carbons (Fsp3) is 0.125. The maximum absolute atomic E-state index is 12.7. The third kappa shape index (κ3) is 1.94. The third-order valence-corrected chi connectivity index (χ3v) is 1.71. The van der Waals surface area contributed by atoms with Gasteiger partial charge in [0.25, 0.3) is 0 Å². The predicted molar refractivity (Wildman–Crippen MR) is 42.8 cm³/mol. The van der Waals surface area contributed by atoms with Crippen LogP contribution in [0.4, 0.5) is 4.39 Å². The van der Waals surface area contributed by atoms with Crippen LogP contribution in [0.5, 0.6) is 0 Å². The molecule has 65 valence electrons. The van der Waals surface area contributed by atoms with E-state index in [1.807, 2.05) is 0 Å². The quantitative estimate of drug-likeness (QED) is 0.744. The number of benzene rings is 1. The zero-order valence-electron chi connectivity index (χ0n) is 6.09. The van der Waals surface area contributed by atoms with E-state index < -0.39 is 12.4 Å². The topological polar surface area (TPSA) is 40.5 Å². The Kier molecular flexibility index (Phi) is 3.03. The molecule has 4 heteroatoms. The molecule has 1 aromatic carbocycles. The van der Waals surface area contributed by atoms with E-state index >= 15 is 0 Å². The van der Waals surface area contributed by atoms with Crippen molar-refractivity contribution in [2.24, 2.45) is 0 Å². The maximum Gasteiger partial charge on any atom is 0.148 e. The zero-order valence-corrected chi connectivity index (χ0v) is 6.85. The van der Waals surface area contributed by atoms with Gasteiger partial charge in [-0.15, -0.1) is 0 Å². The van der Waals surface area contributed by atoms with Gasteiger partial charge in [-0.3, -0.25) is 0 Å². The Hall–Kier alpha value is -0.640. The van der Waals surface area contributed by atoms with Crippen molar-refractivity contribution in [1.29, 1.82) is 0 Å². The van der Waals surface area contributed by atoms with Crippen molar-refractivity contribution < 1.29 is 14.6 Å². The van der Waals surface area contributed by atoms with Crippen LogP contribution in [-0.2, 0) is 0 Å². The maximum atomic E-state index is 12.7. The molecule has 1 aromatic rings. The van der Waals surface area contributed by atoms with E-state index in [1.54, 1.807) is 0 Å². The first kappa shape index (κ1) is 9.45. The molecule has 0 spiro atoms. The normalized spacial score (nSPS) is 10.8. The van der Waals surface area contributed by atoms with Gasteiger partial charge in [0.05, 0.1) is 11.6 Å². The summed E-state index contributed by atoms with van der Waals surface area (Å²) in [5, 5.41) is 17.5. The molecule has 0 unspecified atom stereocenters. The number of halogens is 2. The smallest absolute Gasteiger partial charge is 0.148 e. The number of hydrogen-bond donors (Lipinski definition) is 2. The molecule has 2 N–H and O–H groups in total. The molecule has 0 atom stereocenters. The largest absolute Gasteiger partial charge is 0.393 e. The fourth-order valence-corrected chi connectivity index (χ4v) is 0.884. The highest BCUT2D eigenvalue weighted by molar-refractivity contribution is 6.30. The first-order valence-corrected chi connectivity index (χ1v) is 3.64. The summed E-state index contributed by atoms with van der Waals surface area (Å²) in [6, 6.07) is 3.81. The average molecular weight is 190 g/mol. The molecule has 0 aromatic heterocycles. The third-order valence-electron chi connectivity index (χ3n) is 1.40. The van der Waals surface area contributed by atoms with Crippen molar-refractivity contribution in [1.82, 2.24) is 0 Å². The van der Waals surface area contributed by atoms with Crippen LogP contribution in [0, 0.1) is 11.9 Å². The minimum absolute atomic E-state index is 0.00973. The summed E-state index contributed by atoms with van der Waals surface area (Å²) >= 11 is 5.40. The van der Waals surface area contributed by atoms with E-state index in [9.17, 15) is 4.39 Å². The lowest BCUT2D eigenvalue weighted by molar-refractivity contribution is 0.205. The monoisotopic (exact) mass is 189 g/mol. The molecule has 0 bridgehead atoms. The van der Waals surface area contributed by atoms with Crippen LogP contribution < -0.4 is 0 Å². The van der Waals surface area contributed by atoms with E-state index in [0.717, 1.165) is 6.07 Å². The summed E-state index contributed by atoms with van der Waals surface area (Å²) in [4.78, 5) is 0. The Labute approximate surface area is 74.2 Å². The molecule has 1 rings (SSSR count). The highest BCUT2D eigenvalue weighted by atomic mass is 35.5. The molecule has 0 aliphatic rings. The van der Waals surface area contributed by atoms with Crippen LogP contribution in [0.2, 0.25) is 5.02 Å². The highest BCUT2D eigenvalue weighted by Gasteiger charge is 2.09. The first-order valence-electron chi connectivity index (χ1n) is 3.26. The standard InChI is InChI=1S/C8H7ClFO2/c9-6-2-1-5(3-7(6)10)8(12)4-11/h1-3,11-12H,4H2. The molecule has 0 saturated carbocycles. The minimum Gasteiger partial charge on any atom is -0.393 e. The van der Waals surface area contributed by atoms with E-state index in [4.69, 9.17) is 21.8 Å². The van der Waals surface area contributed by atoms with Gasteiger partial charge in [0.15, 0.2) is 0 Å². The van der Waals surface area contributed by atoms with Crippen LogP contribution in [0.25, 0.3) is 0 Å². The Morgan fingerprint density at radius 3 is 2.67 bits per heavy atom. The van der Waals surface area contributed by atoms with Gasteiger partial charge in [-0.2, -0.15) is 0 Å². The minimum atomic E-state index is -0.617. The molecule has 2 nitrogen and oxygen atoms in total. The van der Waals surface area contributed by atoms with Crippen molar-refractivity contribution in [3.63, 3.8) is 0 Å². The van der Waals surface area contributed by atoms with Gasteiger partial charge >= 0.3 is 0 Å². The van der Waals surface area contributed by atoms with Crippen molar-refractivity contribution in [3.05, 3.63) is 40.7 Å². The summed E-state index contributed by atoms with van der Waals surface area (Å²) in [7, 11) is 0. The molecule has 0 fully saturated rings. The van der Waals surface area contributed by atoms with Gasteiger partial charge in [-0.1, -0.05) is 17.7 Å². The highest BCUT2D eigenvalue weighted by Crippen LogP contribution is 2.19. The lowest BCUT2D eigenvalue weighted by Gasteiger charge is -2.05. The Balaban J connectivity index is 2.96. The van der Waals surface area contributed by atoms with Crippen molar-refractivity contribution in [3.8, 4) is 0 Å². The summed E-state index contributed by atoms with van der Waals surface area (Å²) in [6.45, 7) is -0.513. The van der Waals surface area contributed by atoms with E-state index in [1.165, 1.54) is 12.1 Å². The lowest BCUT2D eigenvalue weighted by Crippen LogP contribution is -2.03. The Morgan fingerprint density at radius 1 is 1.50 bits per heavy atom. The van der Waals surface area contributed by atoms with Crippen LogP contribution in [0.3, 0.4) is 0 Å². The lowest BCUT2D eigenvalue weighted by atomic mass is 10.1. The van der Waals surface area contributed by atoms with E-state index in [2.05, 4.69) is 0 Å².